The van der Waals surface area contributed by atoms with Gasteiger partial charge in [-0.05, 0) is 0 Å². The van der Waals surface area contributed by atoms with Crippen molar-refractivity contribution >= 4 is 0 Å². The van der Waals surface area contributed by atoms with E-state index in [9.17, 15) is 0 Å². The molecule has 2 aliphatic rings. The van der Waals surface area contributed by atoms with Gasteiger partial charge in [0.15, 0.2) is 0 Å². The second-order valence-electron chi connectivity index (χ2n) is 7.88. The molecule has 0 aromatic heterocycles. The van der Waals surface area contributed by atoms with E-state index < -0.39 is 23.2 Å². The minimum Gasteiger partial charge on any atom is -1.00 e. The molecule has 0 aliphatic heterocycles. The second kappa shape index (κ2) is 5.19. The molecule has 0 aromatic rings. The zero-order valence-corrected chi connectivity index (χ0v) is 18.0. The number of hydrogen-bond acceptors (Lipinski definition) is 0. The first-order chi connectivity index (χ1) is 9.44. The summed E-state index contributed by atoms with van der Waals surface area (Å²) in [5.41, 5.74) is 10.0. The molecule has 0 heterocycles. The molecule has 0 fully saturated rings. The van der Waals surface area contributed by atoms with E-state index in [1.54, 1.807) is 40.0 Å². The van der Waals surface area contributed by atoms with E-state index in [1.807, 2.05) is 0 Å². The van der Waals surface area contributed by atoms with Crippen molar-refractivity contribution in [2.75, 3.05) is 0 Å². The van der Waals surface area contributed by atoms with Gasteiger partial charge in [0, 0.05) is 0 Å². The van der Waals surface area contributed by atoms with Crippen LogP contribution in [0.4, 0.5) is 0 Å². The number of allylic oxidation sites excluding steroid dienone is 8. The van der Waals surface area contributed by atoms with Gasteiger partial charge >= 0.3 is 143 Å². The summed E-state index contributed by atoms with van der Waals surface area (Å²) >= 11 is -0.730. The predicted octanol–water partition coefficient (Wildman–Crippen LogP) is 6.59. The van der Waals surface area contributed by atoms with Crippen LogP contribution in [0.15, 0.2) is 40.0 Å². The van der Waals surface area contributed by atoms with Gasteiger partial charge in [-0.1, -0.05) is 0 Å². The smallest absolute Gasteiger partial charge is 1.00 e. The van der Waals surface area contributed by atoms with E-state index >= 15 is 0 Å². The van der Waals surface area contributed by atoms with E-state index in [0.29, 0.717) is 0 Å². The first kappa shape index (κ1) is 17.2. The molecule has 1 heteroatoms. The van der Waals surface area contributed by atoms with E-state index in [2.05, 4.69) is 69.2 Å². The third-order valence-corrected chi connectivity index (χ3v) is 12.5. The molecule has 21 heavy (non-hydrogen) atoms. The van der Waals surface area contributed by atoms with Gasteiger partial charge < -0.3 is 2.85 Å². The average Bonchev–Trinajstić information content (AvgIpc) is 2.63. The Morgan fingerprint density at radius 1 is 0.571 bits per heavy atom. The zero-order valence-electron chi connectivity index (χ0n) is 17.5. The van der Waals surface area contributed by atoms with Crippen LogP contribution in [0.25, 0.3) is 0 Å². The van der Waals surface area contributed by atoms with Gasteiger partial charge in [0.2, 0.25) is 0 Å². The quantitative estimate of drug-likeness (QED) is 0.519. The van der Waals surface area contributed by atoms with Crippen LogP contribution in [0.2, 0.25) is 0 Å². The van der Waals surface area contributed by atoms with Crippen LogP contribution >= 0.6 is 0 Å². The molecule has 0 nitrogen and oxygen atoms in total. The molecule has 0 bridgehead atoms. The van der Waals surface area contributed by atoms with Crippen LogP contribution in [0, 0.1) is 10.8 Å². The van der Waals surface area contributed by atoms with Gasteiger partial charge in [-0.15, -0.1) is 0 Å². The Balaban J connectivity index is 0.00000242. The summed E-state index contributed by atoms with van der Waals surface area (Å²) in [4.78, 5) is 0. The SMILES string of the molecule is CC1=C(C)C(C)(C)[C]([Zr+2][C]2=C(C)C(C)=C(C)C2(C)C)=C1C.[H-].[H-]. The van der Waals surface area contributed by atoms with Crippen LogP contribution in [0.5, 0.6) is 0 Å². The largest absolute Gasteiger partial charge is 1.00 e. The normalized spacial score (nSPS) is 24.5. The van der Waals surface area contributed by atoms with Crippen LogP contribution in [-0.4, -0.2) is 0 Å². The van der Waals surface area contributed by atoms with Crippen molar-refractivity contribution in [2.45, 2.75) is 69.2 Å². The van der Waals surface area contributed by atoms with Crippen molar-refractivity contribution in [2.24, 2.45) is 10.8 Å². The van der Waals surface area contributed by atoms with Gasteiger partial charge in [0.25, 0.3) is 0 Å². The van der Waals surface area contributed by atoms with Gasteiger partial charge in [0.1, 0.15) is 0 Å². The fourth-order valence-electron chi connectivity index (χ4n) is 3.81. The summed E-state index contributed by atoms with van der Waals surface area (Å²) in [6.45, 7) is 23.7. The summed E-state index contributed by atoms with van der Waals surface area (Å²) in [5.74, 6) is 0. The van der Waals surface area contributed by atoms with Crippen LogP contribution in [-0.2, 0) is 23.2 Å². The summed E-state index contributed by atoms with van der Waals surface area (Å²) in [5, 5.41) is 0. The van der Waals surface area contributed by atoms with Crippen LogP contribution in [0.1, 0.15) is 72.1 Å². The molecular formula is C20H32Zr. The topological polar surface area (TPSA) is 0 Å². The molecule has 0 atom stereocenters. The van der Waals surface area contributed by atoms with Crippen LogP contribution < -0.4 is 0 Å². The Labute approximate surface area is 146 Å². The third kappa shape index (κ3) is 2.35. The molecule has 0 N–H and O–H groups in total. The van der Waals surface area contributed by atoms with Gasteiger partial charge in [-0.2, -0.15) is 0 Å². The molecule has 0 saturated heterocycles. The first-order valence-electron chi connectivity index (χ1n) is 8.00. The monoisotopic (exact) mass is 362 g/mol. The predicted molar refractivity (Wildman–Crippen MR) is 91.9 cm³/mol. The summed E-state index contributed by atoms with van der Waals surface area (Å²) in [6.07, 6.45) is 0. The van der Waals surface area contributed by atoms with Crippen molar-refractivity contribution in [1.82, 2.24) is 0 Å². The Bertz CT molecular complexity index is 585. The fraction of sp³-hybridized carbons (Fsp3) is 0.600. The summed E-state index contributed by atoms with van der Waals surface area (Å²) < 4.78 is 3.59. The van der Waals surface area contributed by atoms with Crippen molar-refractivity contribution in [3.63, 3.8) is 0 Å². The minimum atomic E-state index is -0.730. The van der Waals surface area contributed by atoms with E-state index in [4.69, 9.17) is 0 Å². The van der Waals surface area contributed by atoms with Crippen molar-refractivity contribution in [3.05, 3.63) is 40.0 Å². The molecule has 2 aliphatic carbocycles. The Morgan fingerprint density at radius 3 is 1.05 bits per heavy atom. The Hall–Kier alpha value is -0.157. The summed E-state index contributed by atoms with van der Waals surface area (Å²) in [7, 11) is 0. The maximum Gasteiger partial charge on any atom is -1.00 e. The minimum absolute atomic E-state index is 0. The molecule has 116 valence electrons. The molecule has 0 saturated carbocycles. The Morgan fingerprint density at radius 2 is 0.857 bits per heavy atom. The molecule has 0 unspecified atom stereocenters. The van der Waals surface area contributed by atoms with Crippen molar-refractivity contribution < 1.29 is 26.1 Å². The fourth-order valence-corrected chi connectivity index (χ4v) is 8.73. The molecule has 2 rings (SSSR count). The Kier molecular flexibility index (Phi) is 4.25. The molecule has 0 amide bonds. The summed E-state index contributed by atoms with van der Waals surface area (Å²) in [6, 6.07) is 0. The van der Waals surface area contributed by atoms with E-state index in [-0.39, 0.29) is 13.7 Å². The number of hydrogen-bond donors (Lipinski definition) is 0. The van der Waals surface area contributed by atoms with Gasteiger partial charge in [0.05, 0.1) is 0 Å². The van der Waals surface area contributed by atoms with E-state index in [0.717, 1.165) is 0 Å². The second-order valence-corrected chi connectivity index (χ2v) is 10.9. The first-order valence-corrected chi connectivity index (χ1v) is 10.5. The zero-order chi connectivity index (χ0) is 16.3. The number of rotatable bonds is 2. The van der Waals surface area contributed by atoms with Gasteiger partial charge in [-0.25, -0.2) is 0 Å². The molecule has 0 spiro atoms. The van der Waals surface area contributed by atoms with E-state index in [1.165, 1.54) is 0 Å². The molecule has 0 radical (unpaired) electrons. The van der Waals surface area contributed by atoms with Crippen molar-refractivity contribution in [1.29, 1.82) is 0 Å². The maximum absolute atomic E-state index is 2.43. The van der Waals surface area contributed by atoms with Crippen LogP contribution in [0.3, 0.4) is 0 Å². The van der Waals surface area contributed by atoms with Crippen molar-refractivity contribution in [3.8, 4) is 0 Å². The average molecular weight is 364 g/mol. The third-order valence-electron chi connectivity index (χ3n) is 6.38. The maximum atomic E-state index is 2.43. The van der Waals surface area contributed by atoms with Gasteiger partial charge in [-0.3, -0.25) is 0 Å². The molecule has 0 aromatic carbocycles. The molecular weight excluding hydrogens is 331 g/mol. The standard InChI is InChI=1S/2C10H15.Zr.2H/c2*1-7-6-10(4,5)9(3)8(7)2;;;/h2*1-5H3;;;/q;;+2;2*-1.